The van der Waals surface area contributed by atoms with Crippen LogP contribution >= 0.6 is 0 Å². The minimum absolute atomic E-state index is 0.141. The van der Waals surface area contributed by atoms with Crippen molar-refractivity contribution in [3.63, 3.8) is 0 Å². The van der Waals surface area contributed by atoms with Crippen LogP contribution in [-0.2, 0) is 9.84 Å². The molecule has 27 heavy (non-hydrogen) atoms. The lowest BCUT2D eigenvalue weighted by atomic mass is 10.1. The number of anilines is 2. The fourth-order valence-corrected chi connectivity index (χ4v) is 3.13. The third-order valence-electron chi connectivity index (χ3n) is 3.95. The summed E-state index contributed by atoms with van der Waals surface area (Å²) in [6, 6.07) is 14.0. The molecule has 0 saturated carbocycles. The first-order valence-corrected chi connectivity index (χ1v) is 9.90. The number of nitrogens with zero attached hydrogens (tertiary/aromatic N) is 1. The SMILES string of the molecule is C=C(C=NC(=N)C(N)=C1Nc2ccccc2N1)c1cccc(S(C)(=O)=O)c1. The molecule has 0 spiro atoms. The Morgan fingerprint density at radius 1 is 1.15 bits per heavy atom. The summed E-state index contributed by atoms with van der Waals surface area (Å²) in [5.41, 5.74) is 8.98. The van der Waals surface area contributed by atoms with Gasteiger partial charge < -0.3 is 16.4 Å². The second-order valence-corrected chi connectivity index (χ2v) is 8.03. The number of hydrogen-bond acceptors (Lipinski definition) is 6. The molecule has 8 heteroatoms. The number of nitrogens with one attached hydrogen (secondary N) is 3. The first kappa shape index (κ1) is 18.4. The molecule has 1 aliphatic rings. The first-order chi connectivity index (χ1) is 12.8. The van der Waals surface area contributed by atoms with E-state index in [-0.39, 0.29) is 16.4 Å². The van der Waals surface area contributed by atoms with Crippen LogP contribution in [0.3, 0.4) is 0 Å². The Morgan fingerprint density at radius 3 is 2.37 bits per heavy atom. The van der Waals surface area contributed by atoms with Gasteiger partial charge in [0.1, 0.15) is 11.5 Å². The maximum Gasteiger partial charge on any atom is 0.175 e. The highest BCUT2D eigenvalue weighted by Crippen LogP contribution is 2.30. The monoisotopic (exact) mass is 381 g/mol. The van der Waals surface area contributed by atoms with Crippen LogP contribution in [0.4, 0.5) is 11.4 Å². The second kappa shape index (κ2) is 7.08. The summed E-state index contributed by atoms with van der Waals surface area (Å²) in [5.74, 6) is 0.348. The highest BCUT2D eigenvalue weighted by molar-refractivity contribution is 7.90. The fourth-order valence-electron chi connectivity index (χ4n) is 2.47. The van der Waals surface area contributed by atoms with Crippen molar-refractivity contribution in [2.45, 2.75) is 4.90 Å². The summed E-state index contributed by atoms with van der Waals surface area (Å²) in [5, 5.41) is 14.3. The Labute approximate surface area is 157 Å². The molecule has 5 N–H and O–H groups in total. The van der Waals surface area contributed by atoms with Crippen LogP contribution in [0.2, 0.25) is 0 Å². The lowest BCUT2D eigenvalue weighted by Gasteiger charge is -2.06. The highest BCUT2D eigenvalue weighted by Gasteiger charge is 2.17. The Morgan fingerprint density at radius 2 is 1.78 bits per heavy atom. The van der Waals surface area contributed by atoms with Crippen LogP contribution in [0.15, 0.2) is 76.5 Å². The third-order valence-corrected chi connectivity index (χ3v) is 5.06. The van der Waals surface area contributed by atoms with Gasteiger partial charge in [0.05, 0.1) is 16.3 Å². The van der Waals surface area contributed by atoms with Gasteiger partial charge in [-0.05, 0) is 35.4 Å². The van der Waals surface area contributed by atoms with E-state index in [0.717, 1.165) is 17.6 Å². The van der Waals surface area contributed by atoms with Gasteiger partial charge in [-0.3, -0.25) is 5.41 Å². The van der Waals surface area contributed by atoms with Crippen molar-refractivity contribution in [2.75, 3.05) is 16.9 Å². The molecule has 0 fully saturated rings. The molecular formula is C19H19N5O2S. The van der Waals surface area contributed by atoms with E-state index in [1.54, 1.807) is 12.1 Å². The number of fused-ring (bicyclic) bond motifs is 1. The standard InChI is InChI=1S/C19H19N5O2S/c1-12(13-6-5-7-14(10-13)27(2,25)26)11-22-18(21)17(20)19-23-15-8-3-4-9-16(15)24-19/h3-11,21,23-24H,1,20H2,2H3. The molecule has 0 aromatic heterocycles. The quantitative estimate of drug-likeness (QED) is 0.479. The maximum atomic E-state index is 11.7. The molecule has 0 bridgehead atoms. The van der Waals surface area contributed by atoms with E-state index < -0.39 is 9.84 Å². The van der Waals surface area contributed by atoms with E-state index in [4.69, 9.17) is 11.1 Å². The number of rotatable bonds is 4. The van der Waals surface area contributed by atoms with Crippen molar-refractivity contribution in [3.05, 3.63) is 72.2 Å². The molecule has 2 aromatic carbocycles. The Bertz CT molecular complexity index is 1070. The lowest BCUT2D eigenvalue weighted by Crippen LogP contribution is -2.17. The highest BCUT2D eigenvalue weighted by atomic mass is 32.2. The summed E-state index contributed by atoms with van der Waals surface area (Å²) in [6.45, 7) is 3.88. The number of allylic oxidation sites excluding steroid dienone is 1. The Hall–Kier alpha value is -3.39. The Kier molecular flexibility index (Phi) is 4.83. The van der Waals surface area contributed by atoms with Crippen molar-refractivity contribution in [2.24, 2.45) is 10.7 Å². The van der Waals surface area contributed by atoms with Gasteiger partial charge in [0.2, 0.25) is 0 Å². The van der Waals surface area contributed by atoms with Crippen LogP contribution in [0.25, 0.3) is 5.57 Å². The van der Waals surface area contributed by atoms with Crippen LogP contribution in [0, 0.1) is 5.41 Å². The minimum atomic E-state index is -3.31. The number of amidine groups is 1. The van der Waals surface area contributed by atoms with Gasteiger partial charge in [0.25, 0.3) is 0 Å². The number of nitrogens with two attached hydrogens (primary N) is 1. The van der Waals surface area contributed by atoms with Gasteiger partial charge >= 0.3 is 0 Å². The predicted molar refractivity (Wildman–Crippen MR) is 110 cm³/mol. The zero-order valence-corrected chi connectivity index (χ0v) is 15.5. The predicted octanol–water partition coefficient (Wildman–Crippen LogP) is 2.82. The molecule has 7 nitrogen and oxygen atoms in total. The van der Waals surface area contributed by atoms with Gasteiger partial charge in [-0.1, -0.05) is 30.8 Å². The summed E-state index contributed by atoms with van der Waals surface area (Å²) in [7, 11) is -3.31. The number of benzene rings is 2. The van der Waals surface area contributed by atoms with Gasteiger partial charge in [-0.2, -0.15) is 0 Å². The number of sulfone groups is 1. The molecule has 0 saturated heterocycles. The molecular weight excluding hydrogens is 362 g/mol. The van der Waals surface area contributed by atoms with E-state index in [1.807, 2.05) is 24.3 Å². The molecule has 0 radical (unpaired) electrons. The van der Waals surface area contributed by atoms with Crippen molar-refractivity contribution in [1.29, 1.82) is 5.41 Å². The van der Waals surface area contributed by atoms with E-state index in [0.29, 0.717) is 17.0 Å². The molecule has 0 aliphatic carbocycles. The normalized spacial score (nSPS) is 13.0. The summed E-state index contributed by atoms with van der Waals surface area (Å²) >= 11 is 0. The number of aliphatic imine (C=N–C) groups is 1. The molecule has 138 valence electrons. The van der Waals surface area contributed by atoms with E-state index in [2.05, 4.69) is 22.2 Å². The maximum absolute atomic E-state index is 11.7. The lowest BCUT2D eigenvalue weighted by molar-refractivity contribution is 0.602. The fraction of sp³-hybridized carbons (Fsp3) is 0.0526. The summed E-state index contributed by atoms with van der Waals surface area (Å²) < 4.78 is 23.3. The summed E-state index contributed by atoms with van der Waals surface area (Å²) in [4.78, 5) is 4.24. The minimum Gasteiger partial charge on any atom is -0.393 e. The average molecular weight is 381 g/mol. The van der Waals surface area contributed by atoms with Crippen LogP contribution < -0.4 is 16.4 Å². The largest absolute Gasteiger partial charge is 0.393 e. The third kappa shape index (κ3) is 4.06. The van der Waals surface area contributed by atoms with Gasteiger partial charge in [-0.25, -0.2) is 13.4 Å². The van der Waals surface area contributed by atoms with E-state index in [1.165, 1.54) is 18.3 Å². The topological polar surface area (TPSA) is 120 Å². The van der Waals surface area contributed by atoms with Gasteiger partial charge in [0, 0.05) is 12.5 Å². The molecule has 0 amide bonds. The molecule has 0 unspecified atom stereocenters. The van der Waals surface area contributed by atoms with Gasteiger partial charge in [0.15, 0.2) is 15.7 Å². The van der Waals surface area contributed by atoms with E-state index >= 15 is 0 Å². The van der Waals surface area contributed by atoms with Crippen molar-refractivity contribution in [3.8, 4) is 0 Å². The average Bonchev–Trinajstić information content (AvgIpc) is 3.08. The zero-order chi connectivity index (χ0) is 19.6. The summed E-state index contributed by atoms with van der Waals surface area (Å²) in [6.07, 6.45) is 2.53. The van der Waals surface area contributed by atoms with Crippen LogP contribution in [-0.4, -0.2) is 26.7 Å². The Balaban J connectivity index is 1.76. The van der Waals surface area contributed by atoms with Crippen molar-refractivity contribution < 1.29 is 8.42 Å². The van der Waals surface area contributed by atoms with Crippen LogP contribution in [0.5, 0.6) is 0 Å². The van der Waals surface area contributed by atoms with E-state index in [9.17, 15) is 8.42 Å². The smallest absolute Gasteiger partial charge is 0.175 e. The zero-order valence-electron chi connectivity index (χ0n) is 14.7. The first-order valence-electron chi connectivity index (χ1n) is 8.01. The molecule has 1 heterocycles. The number of hydrogen-bond donors (Lipinski definition) is 4. The van der Waals surface area contributed by atoms with Crippen LogP contribution in [0.1, 0.15) is 5.56 Å². The van der Waals surface area contributed by atoms with Crippen molar-refractivity contribution >= 4 is 38.8 Å². The molecule has 3 rings (SSSR count). The van der Waals surface area contributed by atoms with Gasteiger partial charge in [-0.15, -0.1) is 0 Å². The number of para-hydroxylation sites is 2. The van der Waals surface area contributed by atoms with Crippen molar-refractivity contribution in [1.82, 2.24) is 0 Å². The molecule has 2 aromatic rings. The molecule has 1 aliphatic heterocycles. The molecule has 0 atom stereocenters. The second-order valence-electron chi connectivity index (χ2n) is 6.02.